The summed E-state index contributed by atoms with van der Waals surface area (Å²) >= 11 is 0. The SMILES string of the molecule is CC=CC([C@H](C)[C@@H](C)[C@@H](C)C(C)C)N(C1=CCCC=C1)c1ccccc1C. The monoisotopic (exact) mass is 365 g/mol. The predicted molar refractivity (Wildman–Crippen MR) is 121 cm³/mol. The maximum Gasteiger partial charge on any atom is 0.0550 e. The molecule has 1 aromatic rings. The molecule has 0 heterocycles. The van der Waals surface area contributed by atoms with Gasteiger partial charge in [-0.3, -0.25) is 0 Å². The molecule has 1 aromatic carbocycles. The first-order valence-electron chi connectivity index (χ1n) is 10.7. The number of benzene rings is 1. The normalized spacial score (nSPS) is 19.0. The van der Waals surface area contributed by atoms with E-state index in [4.69, 9.17) is 0 Å². The van der Waals surface area contributed by atoms with Crippen LogP contribution in [0.1, 0.15) is 59.9 Å². The van der Waals surface area contributed by atoms with E-state index in [2.05, 4.69) is 108 Å². The predicted octanol–water partition coefficient (Wildman–Crippen LogP) is 7.54. The molecule has 148 valence electrons. The Labute approximate surface area is 167 Å². The van der Waals surface area contributed by atoms with Crippen LogP contribution < -0.4 is 4.90 Å². The average Bonchev–Trinajstić information content (AvgIpc) is 2.68. The highest BCUT2D eigenvalue weighted by Crippen LogP contribution is 2.36. The number of hydrogen-bond donors (Lipinski definition) is 0. The van der Waals surface area contributed by atoms with Crippen LogP contribution in [0.3, 0.4) is 0 Å². The first-order valence-corrected chi connectivity index (χ1v) is 10.7. The van der Waals surface area contributed by atoms with Crippen molar-refractivity contribution in [1.29, 1.82) is 0 Å². The Kier molecular flexibility index (Phi) is 7.95. The van der Waals surface area contributed by atoms with Crippen molar-refractivity contribution in [1.82, 2.24) is 0 Å². The lowest BCUT2D eigenvalue weighted by atomic mass is 9.75. The zero-order valence-corrected chi connectivity index (χ0v) is 18.4. The van der Waals surface area contributed by atoms with E-state index < -0.39 is 0 Å². The lowest BCUT2D eigenvalue weighted by Crippen LogP contribution is -2.42. The molecule has 0 bridgehead atoms. The molecule has 1 aliphatic carbocycles. The van der Waals surface area contributed by atoms with Gasteiger partial charge < -0.3 is 4.90 Å². The fourth-order valence-electron chi connectivity index (χ4n) is 4.17. The van der Waals surface area contributed by atoms with E-state index in [0.717, 1.165) is 12.8 Å². The van der Waals surface area contributed by atoms with Gasteiger partial charge in [-0.25, -0.2) is 0 Å². The van der Waals surface area contributed by atoms with Crippen LogP contribution in [0.2, 0.25) is 0 Å². The average molecular weight is 366 g/mol. The molecule has 0 aromatic heterocycles. The Morgan fingerprint density at radius 2 is 1.63 bits per heavy atom. The summed E-state index contributed by atoms with van der Waals surface area (Å²) in [5.41, 5.74) is 4.01. The number of nitrogens with zero attached hydrogens (tertiary/aromatic N) is 1. The maximum absolute atomic E-state index is 2.58. The van der Waals surface area contributed by atoms with E-state index in [-0.39, 0.29) is 0 Å². The van der Waals surface area contributed by atoms with Gasteiger partial charge in [0.25, 0.3) is 0 Å². The molecule has 27 heavy (non-hydrogen) atoms. The van der Waals surface area contributed by atoms with Crippen molar-refractivity contribution < 1.29 is 0 Å². The molecule has 0 saturated carbocycles. The van der Waals surface area contributed by atoms with E-state index in [1.54, 1.807) is 0 Å². The second-order valence-electron chi connectivity index (χ2n) is 8.60. The lowest BCUT2D eigenvalue weighted by molar-refractivity contribution is 0.210. The van der Waals surface area contributed by atoms with Crippen molar-refractivity contribution in [3.63, 3.8) is 0 Å². The van der Waals surface area contributed by atoms with Gasteiger partial charge in [-0.15, -0.1) is 0 Å². The van der Waals surface area contributed by atoms with Gasteiger partial charge in [0.2, 0.25) is 0 Å². The van der Waals surface area contributed by atoms with Crippen molar-refractivity contribution >= 4 is 5.69 Å². The number of rotatable bonds is 8. The molecule has 1 heteroatoms. The summed E-state index contributed by atoms with van der Waals surface area (Å²) < 4.78 is 0. The molecule has 0 amide bonds. The third kappa shape index (κ3) is 5.15. The summed E-state index contributed by atoms with van der Waals surface area (Å²) in [4.78, 5) is 2.58. The molecule has 0 fully saturated rings. The number of anilines is 1. The van der Waals surface area contributed by atoms with Gasteiger partial charge in [0.05, 0.1) is 6.04 Å². The van der Waals surface area contributed by atoms with Crippen LogP contribution in [0.15, 0.2) is 60.3 Å². The zero-order valence-electron chi connectivity index (χ0n) is 18.4. The van der Waals surface area contributed by atoms with Crippen molar-refractivity contribution in [2.24, 2.45) is 23.7 Å². The Bertz CT molecular complexity index is 679. The maximum atomic E-state index is 2.58. The summed E-state index contributed by atoms with van der Waals surface area (Å²) in [7, 11) is 0. The highest BCUT2D eigenvalue weighted by atomic mass is 15.2. The Morgan fingerprint density at radius 3 is 2.19 bits per heavy atom. The van der Waals surface area contributed by atoms with Gasteiger partial charge >= 0.3 is 0 Å². The molecular formula is C26H39N. The highest BCUT2D eigenvalue weighted by molar-refractivity contribution is 5.61. The summed E-state index contributed by atoms with van der Waals surface area (Å²) in [6.07, 6.45) is 14.0. The molecular weight excluding hydrogens is 326 g/mol. The van der Waals surface area contributed by atoms with E-state index >= 15 is 0 Å². The number of hydrogen-bond acceptors (Lipinski definition) is 1. The smallest absolute Gasteiger partial charge is 0.0550 e. The van der Waals surface area contributed by atoms with Crippen molar-refractivity contribution in [3.8, 4) is 0 Å². The quantitative estimate of drug-likeness (QED) is 0.430. The molecule has 2 rings (SSSR count). The Morgan fingerprint density at radius 1 is 0.926 bits per heavy atom. The molecule has 0 saturated heterocycles. The fourth-order valence-corrected chi connectivity index (χ4v) is 4.17. The number of aryl methyl sites for hydroxylation is 1. The standard InChI is InChI=1S/C26H39N/c1-8-14-26(23(7)22(6)21(5)19(2)3)27(24-16-10-9-11-17-24)25-18-13-12-15-20(25)4/h8,10,12-19,21-23,26H,9,11H2,1-7H3/t21-,22-,23+,26?/m0/s1. The third-order valence-electron chi connectivity index (χ3n) is 6.57. The highest BCUT2D eigenvalue weighted by Gasteiger charge is 2.32. The van der Waals surface area contributed by atoms with Crippen molar-refractivity contribution in [2.75, 3.05) is 4.90 Å². The lowest BCUT2D eigenvalue weighted by Gasteiger charge is -2.42. The topological polar surface area (TPSA) is 3.24 Å². The van der Waals surface area contributed by atoms with Crippen LogP contribution >= 0.6 is 0 Å². The van der Waals surface area contributed by atoms with Crippen molar-refractivity contribution in [2.45, 2.75) is 67.3 Å². The van der Waals surface area contributed by atoms with Crippen LogP contribution in [-0.4, -0.2) is 6.04 Å². The van der Waals surface area contributed by atoms with E-state index in [1.807, 2.05) is 0 Å². The number of para-hydroxylation sites is 1. The van der Waals surface area contributed by atoms with E-state index in [9.17, 15) is 0 Å². The van der Waals surface area contributed by atoms with Gasteiger partial charge in [-0.05, 0) is 68.1 Å². The third-order valence-corrected chi connectivity index (χ3v) is 6.57. The molecule has 0 N–H and O–H groups in total. The zero-order chi connectivity index (χ0) is 20.0. The summed E-state index contributed by atoms with van der Waals surface area (Å²) in [5.74, 6) is 2.59. The summed E-state index contributed by atoms with van der Waals surface area (Å²) in [6.45, 7) is 16.4. The van der Waals surface area contributed by atoms with Crippen LogP contribution in [0.5, 0.6) is 0 Å². The minimum Gasteiger partial charge on any atom is -0.334 e. The first kappa shape index (κ1) is 21.5. The van der Waals surface area contributed by atoms with E-state index in [0.29, 0.717) is 29.7 Å². The van der Waals surface area contributed by atoms with Crippen molar-refractivity contribution in [3.05, 3.63) is 65.9 Å². The number of allylic oxidation sites excluding steroid dienone is 4. The first-order chi connectivity index (χ1) is 12.9. The van der Waals surface area contributed by atoms with Gasteiger partial charge in [0.1, 0.15) is 0 Å². The molecule has 4 atom stereocenters. The molecule has 1 unspecified atom stereocenters. The largest absolute Gasteiger partial charge is 0.334 e. The Hall–Kier alpha value is -1.76. The van der Waals surface area contributed by atoms with Crippen LogP contribution in [0.25, 0.3) is 0 Å². The second kappa shape index (κ2) is 9.97. The molecule has 1 nitrogen and oxygen atoms in total. The van der Waals surface area contributed by atoms with E-state index in [1.165, 1.54) is 16.9 Å². The molecule has 0 spiro atoms. The van der Waals surface area contributed by atoms with Gasteiger partial charge in [-0.2, -0.15) is 0 Å². The van der Waals surface area contributed by atoms with Crippen LogP contribution in [0, 0.1) is 30.6 Å². The van der Waals surface area contributed by atoms with Crippen LogP contribution in [-0.2, 0) is 0 Å². The molecule has 1 aliphatic rings. The molecule has 0 aliphatic heterocycles. The van der Waals surface area contributed by atoms with Gasteiger partial charge in [0, 0.05) is 11.4 Å². The fraction of sp³-hybridized carbons (Fsp3) is 0.538. The van der Waals surface area contributed by atoms with Crippen LogP contribution in [0.4, 0.5) is 5.69 Å². The van der Waals surface area contributed by atoms with Gasteiger partial charge in [0.15, 0.2) is 0 Å². The second-order valence-corrected chi connectivity index (χ2v) is 8.60. The van der Waals surface area contributed by atoms with Gasteiger partial charge in [-0.1, -0.05) is 77.1 Å². The molecule has 0 radical (unpaired) electrons. The summed E-state index contributed by atoms with van der Waals surface area (Å²) in [5, 5.41) is 0. The minimum atomic E-state index is 0.348. The minimum absolute atomic E-state index is 0.348. The Balaban J connectivity index is 2.50. The summed E-state index contributed by atoms with van der Waals surface area (Å²) in [6, 6.07) is 9.16.